The maximum absolute atomic E-state index is 7.26. The van der Waals surface area contributed by atoms with Crippen LogP contribution in [-0.4, -0.2) is 12.4 Å². The fraction of sp³-hybridized carbons (Fsp3) is 0.462. The van der Waals surface area contributed by atoms with Gasteiger partial charge in [0, 0.05) is 5.56 Å². The molecule has 1 rings (SSSR count). The number of amidine groups is 1. The first-order valence-corrected chi connectivity index (χ1v) is 5.81. The lowest BCUT2D eigenvalue weighted by Crippen LogP contribution is -2.10. The highest BCUT2D eigenvalue weighted by molar-refractivity contribution is 5.94. The number of ether oxygens (including phenoxy) is 1. The summed E-state index contributed by atoms with van der Waals surface area (Å²) < 4.78 is 5.58. The molecule has 0 bridgehead atoms. The standard InChI is InChI=1S/C13H20N2O.ClH/c1-2-3-4-5-10-16-12-8-6-11(7-9-12)13(14)15;/h6-9H,2-5,10H2,1H3,(H3,14,15);1H. The van der Waals surface area contributed by atoms with E-state index in [-0.39, 0.29) is 18.2 Å². The zero-order valence-electron chi connectivity index (χ0n) is 10.2. The Balaban J connectivity index is 0.00000256. The van der Waals surface area contributed by atoms with Crippen molar-refractivity contribution in [3.05, 3.63) is 29.8 Å². The van der Waals surface area contributed by atoms with Crippen LogP contribution in [0.1, 0.15) is 38.2 Å². The summed E-state index contributed by atoms with van der Waals surface area (Å²) in [6.07, 6.45) is 4.84. The van der Waals surface area contributed by atoms with Crippen LogP contribution in [0, 0.1) is 5.41 Å². The molecule has 0 saturated heterocycles. The third-order valence-corrected chi connectivity index (χ3v) is 2.43. The molecule has 0 aliphatic carbocycles. The lowest BCUT2D eigenvalue weighted by Gasteiger charge is -2.06. The van der Waals surface area contributed by atoms with Gasteiger partial charge in [-0.2, -0.15) is 0 Å². The van der Waals surface area contributed by atoms with E-state index >= 15 is 0 Å². The molecule has 0 spiro atoms. The summed E-state index contributed by atoms with van der Waals surface area (Å²) in [5.74, 6) is 0.941. The van der Waals surface area contributed by atoms with E-state index in [1.807, 2.05) is 24.3 Å². The van der Waals surface area contributed by atoms with Gasteiger partial charge < -0.3 is 10.5 Å². The van der Waals surface area contributed by atoms with Crippen LogP contribution in [0.3, 0.4) is 0 Å². The monoisotopic (exact) mass is 256 g/mol. The molecule has 0 fully saturated rings. The van der Waals surface area contributed by atoms with Crippen LogP contribution in [0.2, 0.25) is 0 Å². The summed E-state index contributed by atoms with van der Waals surface area (Å²) in [6, 6.07) is 7.33. The first-order chi connectivity index (χ1) is 7.74. The van der Waals surface area contributed by atoms with Gasteiger partial charge in [-0.25, -0.2) is 0 Å². The third-order valence-electron chi connectivity index (χ3n) is 2.43. The first kappa shape index (κ1) is 15.8. The molecule has 0 saturated carbocycles. The highest BCUT2D eigenvalue weighted by atomic mass is 35.5. The largest absolute Gasteiger partial charge is 0.494 e. The number of unbranched alkanes of at least 4 members (excludes halogenated alkanes) is 3. The molecule has 0 aliphatic heterocycles. The Morgan fingerprint density at radius 2 is 1.82 bits per heavy atom. The number of nitrogens with two attached hydrogens (primary N) is 1. The molecule has 0 atom stereocenters. The summed E-state index contributed by atoms with van der Waals surface area (Å²) in [7, 11) is 0. The average molecular weight is 257 g/mol. The van der Waals surface area contributed by atoms with Crippen LogP contribution in [-0.2, 0) is 0 Å². The summed E-state index contributed by atoms with van der Waals surface area (Å²) >= 11 is 0. The Hall–Kier alpha value is -1.22. The number of rotatable bonds is 7. The fourth-order valence-electron chi connectivity index (χ4n) is 1.45. The van der Waals surface area contributed by atoms with Gasteiger partial charge in [0.05, 0.1) is 6.61 Å². The minimum absolute atomic E-state index is 0. The quantitative estimate of drug-likeness (QED) is 0.447. The smallest absolute Gasteiger partial charge is 0.122 e. The molecule has 3 N–H and O–H groups in total. The summed E-state index contributed by atoms with van der Waals surface area (Å²) in [5, 5.41) is 7.26. The normalized spacial score (nSPS) is 9.47. The fourth-order valence-corrected chi connectivity index (χ4v) is 1.45. The van der Waals surface area contributed by atoms with Crippen molar-refractivity contribution in [1.82, 2.24) is 0 Å². The molecule has 0 unspecified atom stereocenters. The number of nitrogen functional groups attached to an aromatic ring is 1. The predicted molar refractivity (Wildman–Crippen MR) is 74.3 cm³/mol. The van der Waals surface area contributed by atoms with Crippen LogP contribution >= 0.6 is 12.4 Å². The molecule has 0 aromatic heterocycles. The van der Waals surface area contributed by atoms with Gasteiger partial charge in [0.25, 0.3) is 0 Å². The maximum atomic E-state index is 7.26. The Morgan fingerprint density at radius 1 is 1.18 bits per heavy atom. The van der Waals surface area contributed by atoms with E-state index in [1.54, 1.807) is 0 Å². The Morgan fingerprint density at radius 3 is 2.35 bits per heavy atom. The van der Waals surface area contributed by atoms with Crippen molar-refractivity contribution >= 4 is 18.2 Å². The highest BCUT2D eigenvalue weighted by Gasteiger charge is 1.97. The van der Waals surface area contributed by atoms with Crippen LogP contribution in [0.4, 0.5) is 0 Å². The number of hydrogen-bond donors (Lipinski definition) is 2. The lowest BCUT2D eigenvalue weighted by atomic mass is 10.2. The van der Waals surface area contributed by atoms with Gasteiger partial charge in [-0.3, -0.25) is 5.41 Å². The van der Waals surface area contributed by atoms with Crippen molar-refractivity contribution in [1.29, 1.82) is 5.41 Å². The Kier molecular flexibility index (Phi) is 8.24. The SMILES string of the molecule is CCCCCCOc1ccc(C(=N)N)cc1.Cl. The van der Waals surface area contributed by atoms with Gasteiger partial charge in [-0.05, 0) is 30.7 Å². The van der Waals surface area contributed by atoms with Crippen molar-refractivity contribution < 1.29 is 4.74 Å². The van der Waals surface area contributed by atoms with Crippen molar-refractivity contribution in [2.45, 2.75) is 32.6 Å². The highest BCUT2D eigenvalue weighted by Crippen LogP contribution is 2.12. The van der Waals surface area contributed by atoms with Gasteiger partial charge >= 0.3 is 0 Å². The molecule has 1 aromatic carbocycles. The molecule has 0 aliphatic rings. The predicted octanol–water partition coefficient (Wildman–Crippen LogP) is 3.35. The molecule has 17 heavy (non-hydrogen) atoms. The van der Waals surface area contributed by atoms with Crippen LogP contribution in [0.25, 0.3) is 0 Å². The van der Waals surface area contributed by atoms with E-state index in [0.717, 1.165) is 24.3 Å². The molecule has 4 heteroatoms. The number of halogens is 1. The molecular weight excluding hydrogens is 236 g/mol. The molecule has 0 radical (unpaired) electrons. The maximum Gasteiger partial charge on any atom is 0.122 e. The Labute approximate surface area is 109 Å². The van der Waals surface area contributed by atoms with Crippen LogP contribution in [0.5, 0.6) is 5.75 Å². The van der Waals surface area contributed by atoms with Crippen molar-refractivity contribution in [3.63, 3.8) is 0 Å². The van der Waals surface area contributed by atoms with E-state index in [9.17, 15) is 0 Å². The second-order valence-corrected chi connectivity index (χ2v) is 3.85. The van der Waals surface area contributed by atoms with Gasteiger partial charge in [0.15, 0.2) is 0 Å². The van der Waals surface area contributed by atoms with E-state index in [0.29, 0.717) is 0 Å². The zero-order valence-corrected chi connectivity index (χ0v) is 11.1. The zero-order chi connectivity index (χ0) is 11.8. The van der Waals surface area contributed by atoms with E-state index in [2.05, 4.69) is 6.92 Å². The van der Waals surface area contributed by atoms with Crippen molar-refractivity contribution in [2.75, 3.05) is 6.61 Å². The molecule has 0 heterocycles. The Bertz CT molecular complexity index is 325. The van der Waals surface area contributed by atoms with Gasteiger partial charge in [-0.1, -0.05) is 26.2 Å². The minimum Gasteiger partial charge on any atom is -0.494 e. The topological polar surface area (TPSA) is 59.1 Å². The van der Waals surface area contributed by atoms with Gasteiger partial charge in [0.2, 0.25) is 0 Å². The molecule has 0 amide bonds. The van der Waals surface area contributed by atoms with Gasteiger partial charge in [-0.15, -0.1) is 12.4 Å². The average Bonchev–Trinajstić information content (AvgIpc) is 2.29. The molecular formula is C13H21ClN2O. The summed E-state index contributed by atoms with van der Waals surface area (Å²) in [6.45, 7) is 2.96. The van der Waals surface area contributed by atoms with E-state index in [1.165, 1.54) is 19.3 Å². The first-order valence-electron chi connectivity index (χ1n) is 5.81. The minimum atomic E-state index is 0. The lowest BCUT2D eigenvalue weighted by molar-refractivity contribution is 0.305. The number of nitrogens with one attached hydrogen (secondary N) is 1. The number of benzene rings is 1. The number of hydrogen-bond acceptors (Lipinski definition) is 2. The molecule has 3 nitrogen and oxygen atoms in total. The molecule has 96 valence electrons. The summed E-state index contributed by atoms with van der Waals surface area (Å²) in [5.41, 5.74) is 6.10. The third kappa shape index (κ3) is 6.17. The van der Waals surface area contributed by atoms with Gasteiger partial charge in [0.1, 0.15) is 11.6 Å². The molecule has 1 aromatic rings. The van der Waals surface area contributed by atoms with E-state index < -0.39 is 0 Å². The van der Waals surface area contributed by atoms with Crippen LogP contribution < -0.4 is 10.5 Å². The van der Waals surface area contributed by atoms with Crippen molar-refractivity contribution in [2.24, 2.45) is 5.73 Å². The van der Waals surface area contributed by atoms with Crippen LogP contribution in [0.15, 0.2) is 24.3 Å². The van der Waals surface area contributed by atoms with E-state index in [4.69, 9.17) is 15.9 Å². The van der Waals surface area contributed by atoms with Crippen molar-refractivity contribution in [3.8, 4) is 5.75 Å². The second kappa shape index (κ2) is 8.88. The summed E-state index contributed by atoms with van der Waals surface area (Å²) in [4.78, 5) is 0. The second-order valence-electron chi connectivity index (χ2n) is 3.85.